The average molecular weight is 287 g/mol. The molecule has 1 aromatic heterocycles. The first-order chi connectivity index (χ1) is 10.4. The number of hydrogen-bond acceptors (Lipinski definition) is 4. The monoisotopic (exact) mass is 287 g/mol. The molecule has 3 rings (SSSR count). The van der Waals surface area contributed by atoms with Crippen LogP contribution in [0.15, 0.2) is 36.5 Å². The highest BCUT2D eigenvalue weighted by molar-refractivity contribution is 5.40. The van der Waals surface area contributed by atoms with Crippen molar-refractivity contribution in [2.45, 2.75) is 32.5 Å². The second-order valence-electron chi connectivity index (χ2n) is 5.17. The van der Waals surface area contributed by atoms with E-state index in [9.17, 15) is 0 Å². The smallest absolute Gasteiger partial charge is 0.161 e. The number of aryl methyl sites for hydroxylation is 1. The zero-order chi connectivity index (χ0) is 14.5. The summed E-state index contributed by atoms with van der Waals surface area (Å²) in [5.74, 6) is 1.65. The quantitative estimate of drug-likeness (QED) is 0.885. The second kappa shape index (κ2) is 6.63. The minimum atomic E-state index is 0.0439. The Hall–Kier alpha value is -2.01. The summed E-state index contributed by atoms with van der Waals surface area (Å²) in [5.41, 5.74) is 1.20. The van der Waals surface area contributed by atoms with Gasteiger partial charge >= 0.3 is 0 Å². The highest BCUT2D eigenvalue weighted by Gasteiger charge is 2.20. The van der Waals surface area contributed by atoms with Gasteiger partial charge in [-0.2, -0.15) is 5.10 Å². The highest BCUT2D eigenvalue weighted by atomic mass is 16.6. The van der Waals surface area contributed by atoms with Crippen LogP contribution in [0.3, 0.4) is 0 Å². The van der Waals surface area contributed by atoms with Gasteiger partial charge in [-0.1, -0.05) is 19.1 Å². The molecule has 0 radical (unpaired) electrons. The fraction of sp³-hybridized carbons (Fsp3) is 0.438. The summed E-state index contributed by atoms with van der Waals surface area (Å²) < 4.78 is 13.7. The molecule has 1 N–H and O–H groups in total. The van der Waals surface area contributed by atoms with Crippen LogP contribution in [0, 0.1) is 0 Å². The number of benzene rings is 1. The lowest BCUT2D eigenvalue weighted by atomic mass is 10.2. The number of nitrogens with zero attached hydrogens (tertiary/aromatic N) is 2. The zero-order valence-corrected chi connectivity index (χ0v) is 12.3. The van der Waals surface area contributed by atoms with Crippen molar-refractivity contribution in [3.8, 4) is 11.5 Å². The fourth-order valence-electron chi connectivity index (χ4n) is 2.45. The molecule has 1 atom stereocenters. The second-order valence-corrected chi connectivity index (χ2v) is 5.17. The van der Waals surface area contributed by atoms with E-state index in [0.717, 1.165) is 37.6 Å². The minimum Gasteiger partial charge on any atom is -0.486 e. The molecule has 5 heteroatoms. The third-order valence-electron chi connectivity index (χ3n) is 3.49. The van der Waals surface area contributed by atoms with Crippen molar-refractivity contribution in [1.29, 1.82) is 0 Å². The summed E-state index contributed by atoms with van der Waals surface area (Å²) in [4.78, 5) is 0. The van der Waals surface area contributed by atoms with E-state index in [0.29, 0.717) is 6.61 Å². The van der Waals surface area contributed by atoms with Crippen LogP contribution in [0.2, 0.25) is 0 Å². The Morgan fingerprint density at radius 2 is 2.14 bits per heavy atom. The van der Waals surface area contributed by atoms with Crippen LogP contribution < -0.4 is 14.8 Å². The molecule has 0 spiro atoms. The van der Waals surface area contributed by atoms with Gasteiger partial charge in [0.15, 0.2) is 11.5 Å². The number of aromatic nitrogens is 2. The van der Waals surface area contributed by atoms with Gasteiger partial charge in [-0.25, -0.2) is 0 Å². The Morgan fingerprint density at radius 1 is 1.29 bits per heavy atom. The zero-order valence-electron chi connectivity index (χ0n) is 12.3. The lowest BCUT2D eigenvalue weighted by Gasteiger charge is -2.26. The molecule has 5 nitrogen and oxygen atoms in total. The van der Waals surface area contributed by atoms with E-state index in [1.165, 1.54) is 5.69 Å². The summed E-state index contributed by atoms with van der Waals surface area (Å²) in [5, 5.41) is 7.74. The van der Waals surface area contributed by atoms with Crippen molar-refractivity contribution < 1.29 is 9.47 Å². The Kier molecular flexibility index (Phi) is 4.40. The van der Waals surface area contributed by atoms with Gasteiger partial charge in [0, 0.05) is 25.8 Å². The van der Waals surface area contributed by atoms with Gasteiger partial charge < -0.3 is 14.8 Å². The highest BCUT2D eigenvalue weighted by Crippen LogP contribution is 2.30. The molecule has 21 heavy (non-hydrogen) atoms. The van der Waals surface area contributed by atoms with Crippen LogP contribution in [0.5, 0.6) is 11.5 Å². The van der Waals surface area contributed by atoms with E-state index >= 15 is 0 Å². The van der Waals surface area contributed by atoms with E-state index in [1.807, 2.05) is 35.1 Å². The van der Waals surface area contributed by atoms with E-state index < -0.39 is 0 Å². The Bertz CT molecular complexity index is 582. The first kappa shape index (κ1) is 13.9. The van der Waals surface area contributed by atoms with Crippen LogP contribution in [0.1, 0.15) is 19.0 Å². The van der Waals surface area contributed by atoms with Gasteiger partial charge in [-0.3, -0.25) is 4.68 Å². The molecular weight excluding hydrogens is 266 g/mol. The molecule has 0 bridgehead atoms. The Balaban J connectivity index is 1.49. The maximum Gasteiger partial charge on any atom is 0.161 e. The van der Waals surface area contributed by atoms with E-state index in [2.05, 4.69) is 23.4 Å². The molecule has 112 valence electrons. The maximum absolute atomic E-state index is 5.92. The molecule has 1 aliphatic heterocycles. The summed E-state index contributed by atoms with van der Waals surface area (Å²) >= 11 is 0. The molecule has 0 aliphatic carbocycles. The third-order valence-corrected chi connectivity index (χ3v) is 3.49. The van der Waals surface area contributed by atoms with Crippen LogP contribution in [-0.2, 0) is 13.1 Å². The molecule has 1 aromatic carbocycles. The van der Waals surface area contributed by atoms with Crippen LogP contribution in [0.25, 0.3) is 0 Å². The maximum atomic E-state index is 5.92. The molecule has 0 saturated carbocycles. The van der Waals surface area contributed by atoms with E-state index in [1.54, 1.807) is 0 Å². The van der Waals surface area contributed by atoms with Gasteiger partial charge in [-0.05, 0) is 24.6 Å². The van der Waals surface area contributed by atoms with Crippen molar-refractivity contribution in [3.63, 3.8) is 0 Å². The predicted molar refractivity (Wildman–Crippen MR) is 80.6 cm³/mol. The van der Waals surface area contributed by atoms with E-state index in [-0.39, 0.29) is 6.10 Å². The Morgan fingerprint density at radius 3 is 3.00 bits per heavy atom. The molecule has 2 aromatic rings. The summed E-state index contributed by atoms with van der Waals surface area (Å²) in [6.07, 6.45) is 2.98. The number of hydrogen-bond donors (Lipinski definition) is 1. The minimum absolute atomic E-state index is 0.0439. The predicted octanol–water partition coefficient (Wildman–Crippen LogP) is 2.22. The fourth-order valence-corrected chi connectivity index (χ4v) is 2.45. The summed E-state index contributed by atoms with van der Waals surface area (Å²) in [6.45, 7) is 5.25. The molecule has 0 saturated heterocycles. The van der Waals surface area contributed by atoms with Crippen molar-refractivity contribution in [2.75, 3.05) is 13.2 Å². The van der Waals surface area contributed by atoms with Gasteiger partial charge in [-0.15, -0.1) is 0 Å². The van der Waals surface area contributed by atoms with Gasteiger partial charge in [0.25, 0.3) is 0 Å². The standard InChI is InChI=1S/C16H21N3O2/c1-2-9-19-13(7-8-18-19)10-17-11-14-12-20-15-5-3-4-6-16(15)21-14/h3-8,14,17H,2,9-12H2,1H3. The lowest BCUT2D eigenvalue weighted by molar-refractivity contribution is 0.0901. The van der Waals surface area contributed by atoms with Crippen molar-refractivity contribution in [2.24, 2.45) is 0 Å². The topological polar surface area (TPSA) is 48.3 Å². The Labute approximate surface area is 124 Å². The van der Waals surface area contributed by atoms with Crippen molar-refractivity contribution in [3.05, 3.63) is 42.2 Å². The van der Waals surface area contributed by atoms with Gasteiger partial charge in [0.2, 0.25) is 0 Å². The first-order valence-electron chi connectivity index (χ1n) is 7.46. The van der Waals surface area contributed by atoms with Crippen molar-refractivity contribution >= 4 is 0 Å². The summed E-state index contributed by atoms with van der Waals surface area (Å²) in [7, 11) is 0. The first-order valence-corrected chi connectivity index (χ1v) is 7.46. The summed E-state index contributed by atoms with van der Waals surface area (Å²) in [6, 6.07) is 9.84. The van der Waals surface area contributed by atoms with Crippen molar-refractivity contribution in [1.82, 2.24) is 15.1 Å². The van der Waals surface area contributed by atoms with Crippen LogP contribution in [-0.4, -0.2) is 29.0 Å². The lowest BCUT2D eigenvalue weighted by Crippen LogP contribution is -2.38. The largest absolute Gasteiger partial charge is 0.486 e. The van der Waals surface area contributed by atoms with Crippen LogP contribution >= 0.6 is 0 Å². The SMILES string of the molecule is CCCn1nccc1CNCC1COc2ccccc2O1. The number of ether oxygens (including phenoxy) is 2. The number of fused-ring (bicyclic) bond motifs is 1. The molecule has 0 amide bonds. The van der Waals surface area contributed by atoms with Crippen LogP contribution in [0.4, 0.5) is 0 Å². The number of para-hydroxylation sites is 2. The molecule has 2 heterocycles. The molecule has 1 aliphatic rings. The third kappa shape index (κ3) is 3.36. The average Bonchev–Trinajstić information content (AvgIpc) is 2.95. The normalized spacial score (nSPS) is 16.9. The number of nitrogens with one attached hydrogen (secondary N) is 1. The molecule has 1 unspecified atom stereocenters. The molecular formula is C16H21N3O2. The van der Waals surface area contributed by atoms with E-state index in [4.69, 9.17) is 9.47 Å². The molecule has 0 fully saturated rings. The van der Waals surface area contributed by atoms with Gasteiger partial charge in [0.05, 0.1) is 5.69 Å². The van der Waals surface area contributed by atoms with Gasteiger partial charge in [0.1, 0.15) is 12.7 Å². The number of rotatable bonds is 6.